The summed E-state index contributed by atoms with van der Waals surface area (Å²) in [6.45, 7) is 1.73. The third kappa shape index (κ3) is 3.27. The highest BCUT2D eigenvalue weighted by atomic mass is 35.5. The molecule has 0 amide bonds. The predicted molar refractivity (Wildman–Crippen MR) is 108 cm³/mol. The molecular weight excluding hydrogens is 385 g/mol. The van der Waals surface area contributed by atoms with Crippen molar-refractivity contribution >= 4 is 40.3 Å². The SMILES string of the molecule is Cc1nc2ccccc2c(=O)n1/N=C\c1ccc(-c2cccc(Cl)c2Cl)o1. The van der Waals surface area contributed by atoms with Gasteiger partial charge in [0.25, 0.3) is 5.56 Å². The van der Waals surface area contributed by atoms with Gasteiger partial charge in [0.05, 0.1) is 27.2 Å². The highest BCUT2D eigenvalue weighted by Gasteiger charge is 2.11. The number of hydrogen-bond donors (Lipinski definition) is 0. The third-order valence-corrected chi connectivity index (χ3v) is 4.88. The van der Waals surface area contributed by atoms with Gasteiger partial charge in [-0.3, -0.25) is 4.79 Å². The van der Waals surface area contributed by atoms with E-state index in [2.05, 4.69) is 10.1 Å². The van der Waals surface area contributed by atoms with Crippen LogP contribution in [-0.4, -0.2) is 15.9 Å². The molecule has 0 aliphatic rings. The number of aryl methyl sites for hydroxylation is 1. The number of aromatic nitrogens is 2. The lowest BCUT2D eigenvalue weighted by molar-refractivity contribution is 0.574. The normalized spacial score (nSPS) is 11.5. The second-order valence-corrected chi connectivity index (χ2v) is 6.63. The summed E-state index contributed by atoms with van der Waals surface area (Å²) >= 11 is 12.3. The Morgan fingerprint density at radius 3 is 2.74 bits per heavy atom. The van der Waals surface area contributed by atoms with Gasteiger partial charge in [0.2, 0.25) is 0 Å². The Labute approximate surface area is 164 Å². The van der Waals surface area contributed by atoms with Gasteiger partial charge in [-0.15, -0.1) is 0 Å². The molecule has 0 unspecified atom stereocenters. The summed E-state index contributed by atoms with van der Waals surface area (Å²) in [7, 11) is 0. The maximum Gasteiger partial charge on any atom is 0.282 e. The molecule has 7 heteroatoms. The fourth-order valence-electron chi connectivity index (χ4n) is 2.75. The summed E-state index contributed by atoms with van der Waals surface area (Å²) in [5.74, 6) is 1.52. The first-order valence-electron chi connectivity index (χ1n) is 8.11. The summed E-state index contributed by atoms with van der Waals surface area (Å²) in [5.41, 5.74) is 1.09. The molecule has 134 valence electrons. The Morgan fingerprint density at radius 2 is 1.89 bits per heavy atom. The lowest BCUT2D eigenvalue weighted by atomic mass is 10.2. The van der Waals surface area contributed by atoms with Gasteiger partial charge in [-0.2, -0.15) is 9.78 Å². The van der Waals surface area contributed by atoms with Gasteiger partial charge >= 0.3 is 0 Å². The second kappa shape index (κ2) is 7.02. The first kappa shape index (κ1) is 17.5. The molecule has 0 N–H and O–H groups in total. The topological polar surface area (TPSA) is 60.4 Å². The third-order valence-electron chi connectivity index (χ3n) is 4.06. The van der Waals surface area contributed by atoms with E-state index in [9.17, 15) is 4.79 Å². The monoisotopic (exact) mass is 397 g/mol. The summed E-state index contributed by atoms with van der Waals surface area (Å²) in [4.78, 5) is 17.0. The summed E-state index contributed by atoms with van der Waals surface area (Å²) < 4.78 is 7.01. The van der Waals surface area contributed by atoms with Crippen molar-refractivity contribution in [1.82, 2.24) is 9.66 Å². The van der Waals surface area contributed by atoms with Crippen molar-refractivity contribution in [1.29, 1.82) is 0 Å². The van der Waals surface area contributed by atoms with E-state index in [0.29, 0.717) is 43.9 Å². The fraction of sp³-hybridized carbons (Fsp3) is 0.0500. The Balaban J connectivity index is 1.71. The molecule has 0 bridgehead atoms. The molecule has 0 atom stereocenters. The van der Waals surface area contributed by atoms with Crippen molar-refractivity contribution in [2.45, 2.75) is 6.92 Å². The molecule has 4 rings (SSSR count). The molecule has 2 aromatic heterocycles. The quantitative estimate of drug-likeness (QED) is 0.448. The molecule has 2 heterocycles. The minimum atomic E-state index is -0.237. The van der Waals surface area contributed by atoms with Crippen LogP contribution < -0.4 is 5.56 Å². The van der Waals surface area contributed by atoms with Crippen molar-refractivity contribution in [2.75, 3.05) is 0 Å². The van der Waals surface area contributed by atoms with Crippen molar-refractivity contribution in [3.05, 3.63) is 86.6 Å². The highest BCUT2D eigenvalue weighted by molar-refractivity contribution is 6.43. The maximum atomic E-state index is 12.6. The molecule has 0 saturated carbocycles. The lowest BCUT2D eigenvalue weighted by Crippen LogP contribution is -2.20. The van der Waals surface area contributed by atoms with Crippen molar-refractivity contribution < 1.29 is 4.42 Å². The van der Waals surface area contributed by atoms with Crippen molar-refractivity contribution in [2.24, 2.45) is 5.10 Å². The molecule has 4 aromatic rings. The van der Waals surface area contributed by atoms with E-state index in [1.165, 1.54) is 10.9 Å². The summed E-state index contributed by atoms with van der Waals surface area (Å²) in [5, 5.41) is 5.61. The van der Waals surface area contributed by atoms with Crippen LogP contribution >= 0.6 is 23.2 Å². The van der Waals surface area contributed by atoms with E-state index < -0.39 is 0 Å². The molecule has 0 saturated heterocycles. The van der Waals surface area contributed by atoms with Gasteiger partial charge in [-0.1, -0.05) is 41.4 Å². The molecule has 2 aromatic carbocycles. The van der Waals surface area contributed by atoms with Crippen molar-refractivity contribution in [3.8, 4) is 11.3 Å². The fourth-order valence-corrected chi connectivity index (χ4v) is 3.14. The second-order valence-electron chi connectivity index (χ2n) is 5.84. The predicted octanol–water partition coefficient (Wildman–Crippen LogP) is 5.15. The van der Waals surface area contributed by atoms with Crippen LogP contribution in [0.25, 0.3) is 22.2 Å². The van der Waals surface area contributed by atoms with Crippen LogP contribution in [0.5, 0.6) is 0 Å². The van der Waals surface area contributed by atoms with Gasteiger partial charge in [0.15, 0.2) is 0 Å². The number of nitrogens with zero attached hydrogens (tertiary/aromatic N) is 3. The zero-order valence-electron chi connectivity index (χ0n) is 14.2. The van der Waals surface area contributed by atoms with Gasteiger partial charge < -0.3 is 4.42 Å². The maximum absolute atomic E-state index is 12.6. The minimum Gasteiger partial charge on any atom is -0.455 e. The number of hydrogen-bond acceptors (Lipinski definition) is 4. The molecule has 27 heavy (non-hydrogen) atoms. The molecule has 5 nitrogen and oxygen atoms in total. The lowest BCUT2D eigenvalue weighted by Gasteiger charge is -2.04. The van der Waals surface area contributed by atoms with E-state index in [1.807, 2.05) is 12.1 Å². The average molecular weight is 398 g/mol. The zero-order chi connectivity index (χ0) is 19.0. The van der Waals surface area contributed by atoms with Gasteiger partial charge in [0, 0.05) is 5.56 Å². The van der Waals surface area contributed by atoms with Crippen LogP contribution in [0, 0.1) is 6.92 Å². The van der Waals surface area contributed by atoms with E-state index in [1.54, 1.807) is 49.4 Å². The minimum absolute atomic E-state index is 0.237. The van der Waals surface area contributed by atoms with Crippen LogP contribution in [0.3, 0.4) is 0 Å². The average Bonchev–Trinajstić information content (AvgIpc) is 3.12. The molecule has 0 fully saturated rings. The highest BCUT2D eigenvalue weighted by Crippen LogP contribution is 2.34. The zero-order valence-corrected chi connectivity index (χ0v) is 15.7. The van der Waals surface area contributed by atoms with Crippen LogP contribution in [0.15, 0.2) is 68.9 Å². The van der Waals surface area contributed by atoms with Crippen LogP contribution in [0.4, 0.5) is 0 Å². The largest absolute Gasteiger partial charge is 0.455 e. The van der Waals surface area contributed by atoms with Gasteiger partial charge in [0.1, 0.15) is 17.3 Å². The molecule has 0 radical (unpaired) electrons. The molecular formula is C20H13Cl2N3O2. The van der Waals surface area contributed by atoms with Gasteiger partial charge in [-0.25, -0.2) is 4.98 Å². The Hall–Kier alpha value is -2.89. The molecule has 0 aliphatic heterocycles. The number of halogens is 2. The summed E-state index contributed by atoms with van der Waals surface area (Å²) in [6.07, 6.45) is 1.47. The van der Waals surface area contributed by atoms with E-state index in [-0.39, 0.29) is 5.56 Å². The Kier molecular flexibility index (Phi) is 4.56. The molecule has 0 aliphatic carbocycles. The number of furan rings is 1. The van der Waals surface area contributed by atoms with E-state index in [4.69, 9.17) is 27.6 Å². The Bertz CT molecular complexity index is 1240. The first-order chi connectivity index (χ1) is 13.0. The molecule has 0 spiro atoms. The first-order valence-corrected chi connectivity index (χ1v) is 8.87. The number of fused-ring (bicyclic) bond motifs is 1. The van der Waals surface area contributed by atoms with E-state index >= 15 is 0 Å². The number of benzene rings is 2. The van der Waals surface area contributed by atoms with Gasteiger partial charge in [-0.05, 0) is 43.3 Å². The standard InChI is InChI=1S/C20H13Cl2N3O2/c1-12-24-17-8-3-2-5-14(17)20(26)25(12)23-11-13-9-10-18(27-13)15-6-4-7-16(21)19(15)22/h2-11H,1H3/b23-11-. The van der Waals surface area contributed by atoms with Crippen LogP contribution in [0.1, 0.15) is 11.6 Å². The number of rotatable bonds is 3. The van der Waals surface area contributed by atoms with Crippen LogP contribution in [0.2, 0.25) is 10.0 Å². The summed E-state index contributed by atoms with van der Waals surface area (Å²) in [6, 6.07) is 16.0. The van der Waals surface area contributed by atoms with Crippen molar-refractivity contribution in [3.63, 3.8) is 0 Å². The van der Waals surface area contributed by atoms with Crippen LogP contribution in [-0.2, 0) is 0 Å². The van der Waals surface area contributed by atoms with E-state index in [0.717, 1.165) is 0 Å². The smallest absolute Gasteiger partial charge is 0.282 e. The number of para-hydroxylation sites is 1. The Morgan fingerprint density at radius 1 is 1.07 bits per heavy atom.